The number of nitrogens with zero attached hydrogens (tertiary/aromatic N) is 2. The lowest BCUT2D eigenvalue weighted by molar-refractivity contribution is 0.102. The van der Waals surface area contributed by atoms with Gasteiger partial charge in [-0.2, -0.15) is 0 Å². The van der Waals surface area contributed by atoms with E-state index in [0.717, 1.165) is 11.3 Å². The molecule has 0 radical (unpaired) electrons. The highest BCUT2D eigenvalue weighted by molar-refractivity contribution is 7.15. The lowest BCUT2D eigenvalue weighted by Crippen LogP contribution is -2.11. The molecule has 1 aromatic heterocycles. The third-order valence-corrected chi connectivity index (χ3v) is 5.32. The van der Waals surface area contributed by atoms with Crippen molar-refractivity contribution in [2.24, 2.45) is 0 Å². The van der Waals surface area contributed by atoms with Crippen LogP contribution in [0.3, 0.4) is 0 Å². The average Bonchev–Trinajstić information content (AvgIpc) is 3.19. The van der Waals surface area contributed by atoms with Gasteiger partial charge in [0, 0.05) is 5.69 Å². The molecule has 1 amide bonds. The number of anilines is 1. The first-order chi connectivity index (χ1) is 14.0. The fourth-order valence-electron chi connectivity index (χ4n) is 2.46. The number of hydrogen-bond acceptors (Lipinski definition) is 6. The fourth-order valence-corrected chi connectivity index (χ4v) is 3.68. The van der Waals surface area contributed by atoms with Gasteiger partial charge in [-0.05, 0) is 42.8 Å². The first-order valence-electron chi connectivity index (χ1n) is 8.59. The molecule has 1 heterocycles. The molecule has 29 heavy (non-hydrogen) atoms. The summed E-state index contributed by atoms with van der Waals surface area (Å²) in [5, 5.41) is 12.0. The van der Waals surface area contributed by atoms with Crippen molar-refractivity contribution in [3.05, 3.63) is 63.1 Å². The minimum absolute atomic E-state index is 0.207. The van der Waals surface area contributed by atoms with Crippen LogP contribution in [-0.2, 0) is 0 Å². The number of ether oxygens (including phenoxy) is 2. The van der Waals surface area contributed by atoms with Gasteiger partial charge in [0.15, 0.2) is 16.5 Å². The smallest absolute Gasteiger partial charge is 0.286 e. The van der Waals surface area contributed by atoms with Gasteiger partial charge in [0.1, 0.15) is 0 Å². The standard InChI is InChI=1S/C20H17Cl2N3O3S/c1-3-28-16-11-12(9-14(21)17(16)27-2)10-15(22)19-24-25-20(29-19)18(26)23-13-7-5-4-6-8-13/h4-11H,3H2,1-2H3,(H,23,26)/b15-10-. The Morgan fingerprint density at radius 1 is 1.21 bits per heavy atom. The van der Waals surface area contributed by atoms with Gasteiger partial charge >= 0.3 is 0 Å². The Hall–Kier alpha value is -2.61. The molecule has 0 spiro atoms. The predicted octanol–water partition coefficient (Wildman–Crippen LogP) is 5.59. The molecule has 0 aliphatic carbocycles. The number of methoxy groups -OCH3 is 1. The highest BCUT2D eigenvalue weighted by atomic mass is 35.5. The number of hydrogen-bond donors (Lipinski definition) is 1. The Kier molecular flexibility index (Phi) is 7.09. The molecule has 3 rings (SSSR count). The van der Waals surface area contributed by atoms with Gasteiger partial charge < -0.3 is 14.8 Å². The van der Waals surface area contributed by atoms with E-state index < -0.39 is 0 Å². The van der Waals surface area contributed by atoms with Crippen LogP contribution >= 0.6 is 34.5 Å². The molecule has 0 saturated carbocycles. The van der Waals surface area contributed by atoms with Crippen LogP contribution in [0.2, 0.25) is 5.02 Å². The minimum Gasteiger partial charge on any atom is -0.491 e. The van der Waals surface area contributed by atoms with Gasteiger partial charge in [0.05, 0.1) is 23.8 Å². The molecule has 150 valence electrons. The second-order valence-electron chi connectivity index (χ2n) is 5.69. The van der Waals surface area contributed by atoms with Crippen LogP contribution in [0.1, 0.15) is 27.3 Å². The predicted molar refractivity (Wildman–Crippen MR) is 117 cm³/mol. The van der Waals surface area contributed by atoms with Crippen molar-refractivity contribution in [1.82, 2.24) is 10.2 Å². The van der Waals surface area contributed by atoms with Crippen molar-refractivity contribution in [2.45, 2.75) is 6.92 Å². The van der Waals surface area contributed by atoms with E-state index in [2.05, 4.69) is 15.5 Å². The van der Waals surface area contributed by atoms with E-state index in [1.165, 1.54) is 7.11 Å². The van der Waals surface area contributed by atoms with Crippen molar-refractivity contribution in [2.75, 3.05) is 19.0 Å². The molecule has 0 atom stereocenters. The van der Waals surface area contributed by atoms with Gasteiger partial charge in [-0.25, -0.2) is 0 Å². The van der Waals surface area contributed by atoms with Crippen molar-refractivity contribution < 1.29 is 14.3 Å². The monoisotopic (exact) mass is 449 g/mol. The lowest BCUT2D eigenvalue weighted by Gasteiger charge is -2.11. The zero-order valence-corrected chi connectivity index (χ0v) is 17.9. The SMILES string of the molecule is CCOc1cc(/C=C(\Cl)c2nnc(C(=O)Nc3ccccc3)s2)cc(Cl)c1OC. The van der Waals surface area contributed by atoms with Crippen LogP contribution in [0.4, 0.5) is 5.69 Å². The number of carbonyl (C=O) groups is 1. The molecule has 9 heteroatoms. The van der Waals surface area contributed by atoms with E-state index in [1.54, 1.807) is 30.3 Å². The molecule has 0 saturated heterocycles. The Bertz CT molecular complexity index is 1040. The molecular weight excluding hydrogens is 433 g/mol. The molecular formula is C20H17Cl2N3O3S. The maximum atomic E-state index is 12.3. The summed E-state index contributed by atoms with van der Waals surface area (Å²) in [6.45, 7) is 2.33. The van der Waals surface area contributed by atoms with E-state index in [9.17, 15) is 4.79 Å². The lowest BCUT2D eigenvalue weighted by atomic mass is 10.2. The number of rotatable bonds is 7. The second kappa shape index (κ2) is 9.73. The normalized spacial score (nSPS) is 11.2. The Morgan fingerprint density at radius 3 is 2.62 bits per heavy atom. The number of para-hydroxylation sites is 1. The molecule has 2 aromatic carbocycles. The summed E-state index contributed by atoms with van der Waals surface area (Å²) in [6, 6.07) is 12.6. The average molecular weight is 450 g/mol. The van der Waals surface area contributed by atoms with E-state index in [-0.39, 0.29) is 10.9 Å². The van der Waals surface area contributed by atoms with Crippen LogP contribution in [0.25, 0.3) is 11.1 Å². The summed E-state index contributed by atoms with van der Waals surface area (Å²) in [4.78, 5) is 12.3. The highest BCUT2D eigenvalue weighted by Crippen LogP contribution is 2.37. The molecule has 0 fully saturated rings. The number of benzene rings is 2. The van der Waals surface area contributed by atoms with Crippen LogP contribution in [0.15, 0.2) is 42.5 Å². The number of nitrogens with one attached hydrogen (secondary N) is 1. The summed E-state index contributed by atoms with van der Waals surface area (Å²) < 4.78 is 10.8. The largest absolute Gasteiger partial charge is 0.491 e. The fraction of sp³-hybridized carbons (Fsp3) is 0.150. The van der Waals surface area contributed by atoms with Crippen molar-refractivity contribution in [3.8, 4) is 11.5 Å². The van der Waals surface area contributed by atoms with E-state index in [1.807, 2.05) is 25.1 Å². The van der Waals surface area contributed by atoms with Gasteiger partial charge in [-0.1, -0.05) is 52.7 Å². The summed E-state index contributed by atoms with van der Waals surface area (Å²) in [5.74, 6) is 0.617. The number of amides is 1. The number of carbonyl (C=O) groups excluding carboxylic acids is 1. The minimum atomic E-state index is -0.351. The van der Waals surface area contributed by atoms with Crippen LogP contribution in [0, 0.1) is 0 Å². The first-order valence-corrected chi connectivity index (χ1v) is 10.2. The number of aromatic nitrogens is 2. The molecule has 3 aromatic rings. The summed E-state index contributed by atoms with van der Waals surface area (Å²) in [6.07, 6.45) is 1.68. The van der Waals surface area contributed by atoms with Gasteiger partial charge in [-0.3, -0.25) is 4.79 Å². The molecule has 0 aliphatic rings. The zero-order chi connectivity index (χ0) is 20.8. The van der Waals surface area contributed by atoms with Crippen molar-refractivity contribution >= 4 is 57.2 Å². The Labute approximate surface area is 182 Å². The quantitative estimate of drug-likeness (QED) is 0.508. The Morgan fingerprint density at radius 2 is 1.93 bits per heavy atom. The zero-order valence-electron chi connectivity index (χ0n) is 15.6. The van der Waals surface area contributed by atoms with E-state index in [0.29, 0.717) is 44.4 Å². The van der Waals surface area contributed by atoms with Crippen LogP contribution in [0.5, 0.6) is 11.5 Å². The van der Waals surface area contributed by atoms with Gasteiger partial charge in [-0.15, -0.1) is 10.2 Å². The molecule has 0 bridgehead atoms. The maximum absolute atomic E-state index is 12.3. The number of halogens is 2. The third kappa shape index (κ3) is 5.26. The third-order valence-electron chi connectivity index (χ3n) is 3.68. The molecule has 1 N–H and O–H groups in total. The topological polar surface area (TPSA) is 73.3 Å². The van der Waals surface area contributed by atoms with E-state index >= 15 is 0 Å². The molecule has 6 nitrogen and oxygen atoms in total. The second-order valence-corrected chi connectivity index (χ2v) is 7.48. The van der Waals surface area contributed by atoms with Crippen LogP contribution in [-0.4, -0.2) is 29.8 Å². The van der Waals surface area contributed by atoms with Crippen molar-refractivity contribution in [1.29, 1.82) is 0 Å². The molecule has 0 unspecified atom stereocenters. The highest BCUT2D eigenvalue weighted by Gasteiger charge is 2.16. The van der Waals surface area contributed by atoms with Crippen molar-refractivity contribution in [3.63, 3.8) is 0 Å². The van der Waals surface area contributed by atoms with Gasteiger partial charge in [0.2, 0.25) is 5.01 Å². The Balaban J connectivity index is 1.81. The first kappa shape index (κ1) is 21.1. The summed E-state index contributed by atoms with van der Waals surface area (Å²) in [5.41, 5.74) is 1.38. The summed E-state index contributed by atoms with van der Waals surface area (Å²) in [7, 11) is 1.52. The maximum Gasteiger partial charge on any atom is 0.286 e. The van der Waals surface area contributed by atoms with Gasteiger partial charge in [0.25, 0.3) is 5.91 Å². The molecule has 0 aliphatic heterocycles. The van der Waals surface area contributed by atoms with Crippen LogP contribution < -0.4 is 14.8 Å². The van der Waals surface area contributed by atoms with E-state index in [4.69, 9.17) is 32.7 Å². The summed E-state index contributed by atoms with van der Waals surface area (Å²) >= 11 is 13.8.